The van der Waals surface area contributed by atoms with Crippen LogP contribution in [0, 0.1) is 5.41 Å². The fourth-order valence-corrected chi connectivity index (χ4v) is 5.54. The monoisotopic (exact) mass is 397 g/mol. The van der Waals surface area contributed by atoms with Gasteiger partial charge in [-0.15, -0.1) is 11.3 Å². The minimum absolute atomic E-state index is 0.0113. The topological polar surface area (TPSA) is 92.7 Å². The number of methoxy groups -OCH3 is 1. The van der Waals surface area contributed by atoms with Crippen molar-refractivity contribution in [2.45, 2.75) is 24.2 Å². The zero-order valence-corrected chi connectivity index (χ0v) is 14.6. The summed E-state index contributed by atoms with van der Waals surface area (Å²) in [6.07, 6.45) is 2.77. The van der Waals surface area contributed by atoms with Crippen molar-refractivity contribution < 1.29 is 23.1 Å². The van der Waals surface area contributed by atoms with Crippen LogP contribution in [0.4, 0.5) is 0 Å². The summed E-state index contributed by atoms with van der Waals surface area (Å²) in [6, 6.07) is 1.17. The third-order valence-electron chi connectivity index (χ3n) is 3.59. The number of carboxylic acid groups (broad SMARTS) is 1. The van der Waals surface area contributed by atoms with Gasteiger partial charge in [-0.3, -0.25) is 0 Å². The zero-order chi connectivity index (χ0) is 15.7. The summed E-state index contributed by atoms with van der Waals surface area (Å²) in [5, 5.41) is 8.92. The summed E-state index contributed by atoms with van der Waals surface area (Å²) in [5.41, 5.74) is -0.0127. The summed E-state index contributed by atoms with van der Waals surface area (Å²) < 4.78 is 32.5. The molecule has 1 aromatic heterocycles. The molecule has 0 amide bonds. The van der Waals surface area contributed by atoms with Crippen molar-refractivity contribution in [3.63, 3.8) is 0 Å². The molecule has 2 rings (SSSR count). The van der Waals surface area contributed by atoms with Crippen molar-refractivity contribution in [3.8, 4) is 0 Å². The smallest absolute Gasteiger partial charge is 0.345 e. The molecule has 0 spiro atoms. The van der Waals surface area contributed by atoms with Crippen molar-refractivity contribution in [1.82, 2.24) is 4.72 Å². The first-order valence-electron chi connectivity index (χ1n) is 6.31. The minimum Gasteiger partial charge on any atom is -0.477 e. The maximum atomic E-state index is 12.3. The fourth-order valence-electron chi connectivity index (χ4n) is 1.98. The maximum Gasteiger partial charge on any atom is 0.345 e. The van der Waals surface area contributed by atoms with Gasteiger partial charge in [0.05, 0.1) is 3.79 Å². The molecule has 0 saturated heterocycles. The van der Waals surface area contributed by atoms with Gasteiger partial charge >= 0.3 is 5.97 Å². The van der Waals surface area contributed by atoms with Crippen LogP contribution in [0.25, 0.3) is 0 Å². The second-order valence-electron chi connectivity index (χ2n) is 5.12. The lowest BCUT2D eigenvalue weighted by Gasteiger charge is -2.15. The third kappa shape index (κ3) is 4.04. The maximum absolute atomic E-state index is 12.3. The van der Waals surface area contributed by atoms with Gasteiger partial charge in [0, 0.05) is 20.3 Å². The Kier molecular flexibility index (Phi) is 5.09. The van der Waals surface area contributed by atoms with E-state index in [4.69, 9.17) is 9.84 Å². The molecule has 0 radical (unpaired) electrons. The van der Waals surface area contributed by atoms with Gasteiger partial charge in [0.15, 0.2) is 0 Å². The number of thiophene rings is 1. The van der Waals surface area contributed by atoms with Crippen LogP contribution < -0.4 is 4.72 Å². The standard InChI is InChI=1S/C12H16BrNO5S2/c1-19-5-4-12(2-3-12)7-14-21(17,18)9-6-8(11(15)16)20-10(9)13/h6,14H,2-5,7H2,1H3,(H,15,16). The summed E-state index contributed by atoms with van der Waals surface area (Å²) in [4.78, 5) is 10.9. The van der Waals surface area contributed by atoms with Crippen LogP contribution in [0.5, 0.6) is 0 Å². The molecule has 9 heteroatoms. The van der Waals surface area contributed by atoms with Crippen molar-refractivity contribution in [1.29, 1.82) is 0 Å². The lowest BCUT2D eigenvalue weighted by molar-refractivity contribution is 0.0702. The van der Waals surface area contributed by atoms with Gasteiger partial charge in [0.25, 0.3) is 0 Å². The number of carbonyl (C=O) groups is 1. The van der Waals surface area contributed by atoms with E-state index in [2.05, 4.69) is 20.7 Å². The van der Waals surface area contributed by atoms with Crippen molar-refractivity contribution in [2.24, 2.45) is 5.41 Å². The lowest BCUT2D eigenvalue weighted by atomic mass is 10.0. The predicted octanol–water partition coefficient (Wildman–Crippen LogP) is 2.30. The molecule has 0 unspecified atom stereocenters. The van der Waals surface area contributed by atoms with Gasteiger partial charge in [-0.1, -0.05) is 0 Å². The molecule has 1 saturated carbocycles. The minimum atomic E-state index is -3.71. The van der Waals surface area contributed by atoms with E-state index in [1.165, 1.54) is 6.07 Å². The summed E-state index contributed by atoms with van der Waals surface area (Å²) in [7, 11) is -2.09. The first-order chi connectivity index (χ1) is 9.80. The quantitative estimate of drug-likeness (QED) is 0.701. The first kappa shape index (κ1) is 16.9. The molecule has 2 N–H and O–H groups in total. The Balaban J connectivity index is 2.07. The van der Waals surface area contributed by atoms with E-state index in [1.54, 1.807) is 7.11 Å². The molecule has 6 nitrogen and oxygen atoms in total. The number of halogens is 1. The molecular weight excluding hydrogens is 382 g/mol. The molecule has 0 atom stereocenters. The zero-order valence-electron chi connectivity index (χ0n) is 11.4. The van der Waals surface area contributed by atoms with E-state index in [0.29, 0.717) is 16.9 Å². The van der Waals surface area contributed by atoms with E-state index in [-0.39, 0.29) is 15.2 Å². The van der Waals surface area contributed by atoms with Crippen molar-refractivity contribution >= 4 is 43.3 Å². The van der Waals surface area contributed by atoms with Crippen LogP contribution in [-0.4, -0.2) is 39.8 Å². The van der Waals surface area contributed by atoms with E-state index in [0.717, 1.165) is 30.6 Å². The van der Waals surface area contributed by atoms with Crippen LogP contribution in [0.2, 0.25) is 0 Å². The summed E-state index contributed by atoms with van der Waals surface area (Å²) >= 11 is 4.01. The van der Waals surface area contributed by atoms with Crippen LogP contribution in [0.3, 0.4) is 0 Å². The summed E-state index contributed by atoms with van der Waals surface area (Å²) in [6.45, 7) is 0.955. The number of hydrogen-bond donors (Lipinski definition) is 2. The highest BCUT2D eigenvalue weighted by Crippen LogP contribution is 2.48. The molecule has 0 bridgehead atoms. The number of ether oxygens (including phenoxy) is 1. The number of nitrogens with one attached hydrogen (secondary N) is 1. The molecule has 1 aliphatic carbocycles. The molecule has 0 aromatic carbocycles. The number of sulfonamides is 1. The number of aromatic carboxylic acids is 1. The van der Waals surface area contributed by atoms with E-state index in [9.17, 15) is 13.2 Å². The molecule has 1 fully saturated rings. The Hall–Kier alpha value is -0.480. The van der Waals surface area contributed by atoms with E-state index in [1.807, 2.05) is 0 Å². The third-order valence-corrected chi connectivity index (χ3v) is 7.23. The summed E-state index contributed by atoms with van der Waals surface area (Å²) in [5.74, 6) is -1.14. The van der Waals surface area contributed by atoms with Gasteiger partial charge in [0.2, 0.25) is 10.0 Å². The largest absolute Gasteiger partial charge is 0.477 e. The fraction of sp³-hybridized carbons (Fsp3) is 0.583. The van der Waals surface area contributed by atoms with Gasteiger partial charge in [-0.05, 0) is 46.7 Å². The van der Waals surface area contributed by atoms with E-state index < -0.39 is 16.0 Å². The van der Waals surface area contributed by atoms with Gasteiger partial charge in [-0.2, -0.15) is 0 Å². The van der Waals surface area contributed by atoms with Gasteiger partial charge in [-0.25, -0.2) is 17.9 Å². The average molecular weight is 398 g/mol. The molecule has 1 aromatic rings. The second kappa shape index (κ2) is 6.33. The Morgan fingerprint density at radius 2 is 2.24 bits per heavy atom. The highest BCUT2D eigenvalue weighted by atomic mass is 79.9. The number of hydrogen-bond acceptors (Lipinski definition) is 5. The van der Waals surface area contributed by atoms with Crippen LogP contribution in [0.1, 0.15) is 28.9 Å². The molecule has 1 heterocycles. The van der Waals surface area contributed by atoms with E-state index >= 15 is 0 Å². The number of carboxylic acids is 1. The predicted molar refractivity (Wildman–Crippen MR) is 82.3 cm³/mol. The Morgan fingerprint density at radius 1 is 1.57 bits per heavy atom. The highest BCUT2D eigenvalue weighted by molar-refractivity contribution is 9.11. The lowest BCUT2D eigenvalue weighted by Crippen LogP contribution is -2.30. The number of rotatable bonds is 8. The Labute approximate surface area is 135 Å². The first-order valence-corrected chi connectivity index (χ1v) is 9.40. The Morgan fingerprint density at radius 3 is 2.71 bits per heavy atom. The van der Waals surface area contributed by atoms with Gasteiger partial charge < -0.3 is 9.84 Å². The van der Waals surface area contributed by atoms with Crippen molar-refractivity contribution in [3.05, 3.63) is 14.7 Å². The highest BCUT2D eigenvalue weighted by Gasteiger charge is 2.42. The van der Waals surface area contributed by atoms with Crippen LogP contribution >= 0.6 is 27.3 Å². The molecule has 118 valence electrons. The molecule has 0 aliphatic heterocycles. The molecule has 21 heavy (non-hydrogen) atoms. The Bertz CT molecular complexity index is 636. The van der Waals surface area contributed by atoms with Crippen LogP contribution in [0.15, 0.2) is 14.7 Å². The molecular formula is C12H16BrNO5S2. The average Bonchev–Trinajstić information content (AvgIpc) is 3.08. The van der Waals surface area contributed by atoms with Gasteiger partial charge in [0.1, 0.15) is 9.77 Å². The molecule has 1 aliphatic rings. The second-order valence-corrected chi connectivity index (χ2v) is 9.23. The normalized spacial score (nSPS) is 16.9. The SMILES string of the molecule is COCCC1(CNS(=O)(=O)c2cc(C(=O)O)sc2Br)CC1. The van der Waals surface area contributed by atoms with Crippen LogP contribution in [-0.2, 0) is 14.8 Å². The van der Waals surface area contributed by atoms with Crippen molar-refractivity contribution in [2.75, 3.05) is 20.3 Å².